The van der Waals surface area contributed by atoms with Crippen LogP contribution in [0.15, 0.2) is 48.5 Å². The SMILES string of the molecule is CC(C)(C)Oc1cc2ccc3cc(OC(C)(C)C)cc4ccc(c1)c2c34. The molecule has 0 unspecified atom stereocenters. The minimum absolute atomic E-state index is 0.208. The molecule has 4 aromatic carbocycles. The normalized spacial score (nSPS) is 13.0. The summed E-state index contributed by atoms with van der Waals surface area (Å²) in [4.78, 5) is 0. The van der Waals surface area contributed by atoms with Crippen LogP contribution in [-0.2, 0) is 0 Å². The van der Waals surface area contributed by atoms with Crippen LogP contribution in [0, 0.1) is 0 Å². The smallest absolute Gasteiger partial charge is 0.121 e. The van der Waals surface area contributed by atoms with E-state index in [0.29, 0.717) is 0 Å². The Kier molecular flexibility index (Phi) is 3.59. The van der Waals surface area contributed by atoms with Gasteiger partial charge in [0.2, 0.25) is 0 Å². The maximum Gasteiger partial charge on any atom is 0.121 e. The maximum absolute atomic E-state index is 6.11. The van der Waals surface area contributed by atoms with Crippen LogP contribution < -0.4 is 9.47 Å². The lowest BCUT2D eigenvalue weighted by Gasteiger charge is -2.23. The van der Waals surface area contributed by atoms with Crippen LogP contribution in [-0.4, -0.2) is 11.2 Å². The Hall–Kier alpha value is -2.48. The molecule has 0 spiro atoms. The molecule has 26 heavy (non-hydrogen) atoms. The molecule has 0 bridgehead atoms. The Bertz CT molecular complexity index is 939. The first-order valence-electron chi connectivity index (χ1n) is 9.20. The Morgan fingerprint density at radius 1 is 0.500 bits per heavy atom. The van der Waals surface area contributed by atoms with Gasteiger partial charge in [0, 0.05) is 0 Å². The first-order valence-corrected chi connectivity index (χ1v) is 9.20. The van der Waals surface area contributed by atoms with Gasteiger partial charge in [-0.1, -0.05) is 24.3 Å². The molecule has 134 valence electrons. The average Bonchev–Trinajstić information content (AvgIpc) is 2.48. The van der Waals surface area contributed by atoms with Crippen molar-refractivity contribution in [1.82, 2.24) is 0 Å². The van der Waals surface area contributed by atoms with E-state index in [1.165, 1.54) is 32.3 Å². The maximum atomic E-state index is 6.11. The van der Waals surface area contributed by atoms with Crippen LogP contribution in [0.25, 0.3) is 32.3 Å². The molecule has 0 fully saturated rings. The summed E-state index contributed by atoms with van der Waals surface area (Å²) in [6.45, 7) is 12.5. The molecule has 2 nitrogen and oxygen atoms in total. The zero-order valence-corrected chi connectivity index (χ0v) is 16.4. The monoisotopic (exact) mass is 346 g/mol. The average molecular weight is 346 g/mol. The second kappa shape index (κ2) is 5.51. The minimum Gasteiger partial charge on any atom is -0.488 e. The van der Waals surface area contributed by atoms with Gasteiger partial charge < -0.3 is 9.47 Å². The van der Waals surface area contributed by atoms with E-state index in [0.717, 1.165) is 11.5 Å². The fourth-order valence-electron chi connectivity index (χ4n) is 3.61. The lowest BCUT2D eigenvalue weighted by Crippen LogP contribution is -2.23. The lowest BCUT2D eigenvalue weighted by atomic mass is 9.94. The quantitative estimate of drug-likeness (QED) is 0.366. The van der Waals surface area contributed by atoms with E-state index in [1.54, 1.807) is 0 Å². The van der Waals surface area contributed by atoms with Crippen molar-refractivity contribution in [2.24, 2.45) is 0 Å². The summed E-state index contributed by atoms with van der Waals surface area (Å²) in [5.41, 5.74) is -0.417. The van der Waals surface area contributed by atoms with E-state index in [9.17, 15) is 0 Å². The first kappa shape index (κ1) is 17.0. The fourth-order valence-corrected chi connectivity index (χ4v) is 3.61. The van der Waals surface area contributed by atoms with Crippen LogP contribution in [0.1, 0.15) is 41.5 Å². The highest BCUT2D eigenvalue weighted by atomic mass is 16.5. The van der Waals surface area contributed by atoms with E-state index in [1.807, 2.05) is 0 Å². The predicted molar refractivity (Wildman–Crippen MR) is 111 cm³/mol. The van der Waals surface area contributed by atoms with Crippen LogP contribution in [0.2, 0.25) is 0 Å². The zero-order valence-electron chi connectivity index (χ0n) is 16.4. The highest BCUT2D eigenvalue weighted by Gasteiger charge is 2.17. The Morgan fingerprint density at radius 2 is 0.769 bits per heavy atom. The van der Waals surface area contributed by atoms with Crippen molar-refractivity contribution >= 4 is 32.3 Å². The molecular formula is C24H26O2. The minimum atomic E-state index is -0.208. The summed E-state index contributed by atoms with van der Waals surface area (Å²) in [7, 11) is 0. The third kappa shape index (κ3) is 3.16. The second-order valence-electron chi connectivity index (χ2n) is 9.05. The number of rotatable bonds is 2. The van der Waals surface area contributed by atoms with E-state index in [4.69, 9.17) is 9.47 Å². The highest BCUT2D eigenvalue weighted by molar-refractivity contribution is 6.23. The molecule has 0 aromatic heterocycles. The van der Waals surface area contributed by atoms with Crippen LogP contribution in [0.3, 0.4) is 0 Å². The zero-order chi connectivity index (χ0) is 18.7. The van der Waals surface area contributed by atoms with E-state index in [-0.39, 0.29) is 11.2 Å². The molecule has 0 aliphatic carbocycles. The van der Waals surface area contributed by atoms with E-state index < -0.39 is 0 Å². The summed E-state index contributed by atoms with van der Waals surface area (Å²) in [6, 6.07) is 17.3. The summed E-state index contributed by atoms with van der Waals surface area (Å²) < 4.78 is 12.2. The summed E-state index contributed by atoms with van der Waals surface area (Å²) >= 11 is 0. The Balaban J connectivity index is 1.94. The standard InChI is InChI=1S/C24H26O2/c1-23(2,3)25-19-11-15-7-9-17-13-20(26-24(4,5)6)14-18-10-8-16(12-19)21(15)22(17)18/h7-14H,1-6H3. The molecule has 0 saturated carbocycles. The molecule has 0 aliphatic heterocycles. The Morgan fingerprint density at radius 3 is 1.00 bits per heavy atom. The van der Waals surface area contributed by atoms with Gasteiger partial charge in [0.25, 0.3) is 0 Å². The topological polar surface area (TPSA) is 18.5 Å². The van der Waals surface area contributed by atoms with Crippen molar-refractivity contribution in [2.75, 3.05) is 0 Å². The van der Waals surface area contributed by atoms with Gasteiger partial charge in [-0.05, 0) is 98.1 Å². The molecule has 0 atom stereocenters. The van der Waals surface area contributed by atoms with Gasteiger partial charge in [0.15, 0.2) is 0 Å². The number of benzene rings is 4. The number of ether oxygens (including phenoxy) is 2. The summed E-state index contributed by atoms with van der Waals surface area (Å²) in [5.74, 6) is 1.83. The largest absolute Gasteiger partial charge is 0.488 e. The molecule has 2 heteroatoms. The molecular weight excluding hydrogens is 320 g/mol. The van der Waals surface area contributed by atoms with Gasteiger partial charge in [0.05, 0.1) is 0 Å². The second-order valence-corrected chi connectivity index (χ2v) is 9.05. The summed E-state index contributed by atoms with van der Waals surface area (Å²) in [6.07, 6.45) is 0. The Labute approximate surface area is 155 Å². The molecule has 4 aromatic rings. The lowest BCUT2D eigenvalue weighted by molar-refractivity contribution is 0.131. The number of hydrogen-bond acceptors (Lipinski definition) is 2. The third-order valence-electron chi connectivity index (χ3n) is 4.33. The van der Waals surface area contributed by atoms with Gasteiger partial charge >= 0.3 is 0 Å². The predicted octanol–water partition coefficient (Wildman–Crippen LogP) is 6.94. The van der Waals surface area contributed by atoms with Gasteiger partial charge in [-0.25, -0.2) is 0 Å². The molecule has 0 saturated heterocycles. The van der Waals surface area contributed by atoms with Crippen LogP contribution >= 0.6 is 0 Å². The van der Waals surface area contributed by atoms with Crippen molar-refractivity contribution in [2.45, 2.75) is 52.7 Å². The van der Waals surface area contributed by atoms with Crippen LogP contribution in [0.4, 0.5) is 0 Å². The molecule has 0 aliphatic rings. The molecule has 0 amide bonds. The molecule has 0 radical (unpaired) electrons. The van der Waals surface area contributed by atoms with Crippen molar-refractivity contribution in [3.05, 3.63) is 48.5 Å². The number of hydrogen-bond donors (Lipinski definition) is 0. The first-order chi connectivity index (χ1) is 12.1. The van der Waals surface area contributed by atoms with Gasteiger partial charge in [-0.15, -0.1) is 0 Å². The van der Waals surface area contributed by atoms with Crippen LogP contribution in [0.5, 0.6) is 11.5 Å². The van der Waals surface area contributed by atoms with Crippen molar-refractivity contribution in [1.29, 1.82) is 0 Å². The van der Waals surface area contributed by atoms with Crippen molar-refractivity contribution < 1.29 is 9.47 Å². The third-order valence-corrected chi connectivity index (χ3v) is 4.33. The fraction of sp³-hybridized carbons (Fsp3) is 0.333. The van der Waals surface area contributed by atoms with E-state index >= 15 is 0 Å². The molecule has 0 heterocycles. The van der Waals surface area contributed by atoms with Gasteiger partial charge in [-0.2, -0.15) is 0 Å². The van der Waals surface area contributed by atoms with Crippen molar-refractivity contribution in [3.8, 4) is 11.5 Å². The van der Waals surface area contributed by atoms with Crippen molar-refractivity contribution in [3.63, 3.8) is 0 Å². The molecule has 4 rings (SSSR count). The molecule has 0 N–H and O–H groups in total. The van der Waals surface area contributed by atoms with E-state index in [2.05, 4.69) is 90.1 Å². The van der Waals surface area contributed by atoms with Gasteiger partial charge in [-0.3, -0.25) is 0 Å². The van der Waals surface area contributed by atoms with Gasteiger partial charge in [0.1, 0.15) is 22.7 Å². The highest BCUT2D eigenvalue weighted by Crippen LogP contribution is 2.39. The summed E-state index contributed by atoms with van der Waals surface area (Å²) in [5, 5.41) is 7.44.